The van der Waals surface area contributed by atoms with Gasteiger partial charge in [0.05, 0.1) is 11.2 Å². The Bertz CT molecular complexity index is 1150. The van der Waals surface area contributed by atoms with E-state index in [1.807, 2.05) is 65.2 Å². The Labute approximate surface area is 147 Å². The van der Waals surface area contributed by atoms with E-state index in [-0.39, 0.29) is 11.0 Å². The molecule has 0 spiro atoms. The van der Waals surface area contributed by atoms with Gasteiger partial charge in [0.2, 0.25) is 0 Å². The predicted molar refractivity (Wildman–Crippen MR) is 106 cm³/mol. The van der Waals surface area contributed by atoms with Gasteiger partial charge in [-0.3, -0.25) is 9.36 Å². The number of fused-ring (bicyclic) bond motifs is 3. The molecule has 0 aliphatic carbocycles. The van der Waals surface area contributed by atoms with Gasteiger partial charge in [0.1, 0.15) is 0 Å². The second kappa shape index (κ2) is 5.59. The normalized spacial score (nSPS) is 12.0. The van der Waals surface area contributed by atoms with Crippen LogP contribution in [0, 0.1) is 0 Å². The lowest BCUT2D eigenvalue weighted by molar-refractivity contribution is 0.586. The Morgan fingerprint density at radius 1 is 0.680 bits per heavy atom. The first-order chi connectivity index (χ1) is 12.0. The molecule has 2 heteroatoms. The maximum atomic E-state index is 13.4. The maximum Gasteiger partial charge on any atom is 0.263 e. The summed E-state index contributed by atoms with van der Waals surface area (Å²) in [5.41, 5.74) is 3.05. The summed E-state index contributed by atoms with van der Waals surface area (Å²) in [6, 6.07) is 24.2. The Balaban J connectivity index is 2.24. The first-order valence-electron chi connectivity index (χ1n) is 8.61. The van der Waals surface area contributed by atoms with Crippen LogP contribution < -0.4 is 5.56 Å². The standard InChI is InChI=1S/C23H21NO/c1-23(2,3)19-13-7-9-15-21(19)24-20-14-8-6-11-17(20)16-10-4-5-12-18(16)22(24)25/h4-15H,1-3H3. The van der Waals surface area contributed by atoms with Crippen LogP contribution >= 0.6 is 0 Å². The summed E-state index contributed by atoms with van der Waals surface area (Å²) in [7, 11) is 0. The van der Waals surface area contributed by atoms with E-state index in [4.69, 9.17) is 0 Å². The molecule has 2 nitrogen and oxygen atoms in total. The molecular formula is C23H21NO. The van der Waals surface area contributed by atoms with Crippen molar-refractivity contribution in [2.75, 3.05) is 0 Å². The van der Waals surface area contributed by atoms with E-state index < -0.39 is 0 Å². The monoisotopic (exact) mass is 327 g/mol. The number of hydrogen-bond donors (Lipinski definition) is 0. The molecule has 4 rings (SSSR count). The maximum absolute atomic E-state index is 13.4. The Kier molecular flexibility index (Phi) is 3.50. The third-order valence-corrected chi connectivity index (χ3v) is 4.75. The van der Waals surface area contributed by atoms with Gasteiger partial charge in [-0.15, -0.1) is 0 Å². The molecule has 0 saturated carbocycles. The van der Waals surface area contributed by atoms with E-state index in [2.05, 4.69) is 32.9 Å². The van der Waals surface area contributed by atoms with Gasteiger partial charge in [-0.05, 0) is 34.6 Å². The van der Waals surface area contributed by atoms with Gasteiger partial charge in [0.25, 0.3) is 5.56 Å². The number of aromatic nitrogens is 1. The summed E-state index contributed by atoms with van der Waals surface area (Å²) in [6.45, 7) is 6.54. The molecule has 4 aromatic rings. The number of hydrogen-bond acceptors (Lipinski definition) is 1. The molecule has 124 valence electrons. The van der Waals surface area contributed by atoms with Gasteiger partial charge < -0.3 is 0 Å². The highest BCUT2D eigenvalue weighted by Gasteiger charge is 2.21. The average Bonchev–Trinajstić information content (AvgIpc) is 2.62. The number of rotatable bonds is 1. The van der Waals surface area contributed by atoms with Crippen molar-refractivity contribution in [2.45, 2.75) is 26.2 Å². The molecule has 0 unspecified atom stereocenters. The second-order valence-electron chi connectivity index (χ2n) is 7.47. The third-order valence-electron chi connectivity index (χ3n) is 4.75. The van der Waals surface area contributed by atoms with Crippen LogP contribution in [0.15, 0.2) is 77.6 Å². The number of nitrogens with zero attached hydrogens (tertiary/aromatic N) is 1. The lowest BCUT2D eigenvalue weighted by Gasteiger charge is -2.24. The number of benzene rings is 3. The summed E-state index contributed by atoms with van der Waals surface area (Å²) in [5, 5.41) is 2.86. The molecule has 1 aromatic heterocycles. The summed E-state index contributed by atoms with van der Waals surface area (Å²) in [4.78, 5) is 13.4. The van der Waals surface area contributed by atoms with Crippen LogP contribution in [-0.2, 0) is 5.41 Å². The van der Waals surface area contributed by atoms with Crippen molar-refractivity contribution in [2.24, 2.45) is 0 Å². The van der Waals surface area contributed by atoms with Crippen LogP contribution in [0.5, 0.6) is 0 Å². The first kappa shape index (κ1) is 15.6. The summed E-state index contributed by atoms with van der Waals surface area (Å²) < 4.78 is 1.87. The second-order valence-corrected chi connectivity index (χ2v) is 7.47. The highest BCUT2D eigenvalue weighted by molar-refractivity contribution is 6.06. The van der Waals surface area contributed by atoms with E-state index in [1.165, 1.54) is 0 Å². The fourth-order valence-electron chi connectivity index (χ4n) is 3.57. The molecule has 0 aliphatic heterocycles. The third kappa shape index (κ3) is 2.45. The van der Waals surface area contributed by atoms with E-state index in [0.717, 1.165) is 32.9 Å². The largest absolute Gasteiger partial charge is 0.276 e. The number of pyridine rings is 1. The van der Waals surface area contributed by atoms with Gasteiger partial charge in [-0.2, -0.15) is 0 Å². The van der Waals surface area contributed by atoms with Crippen molar-refractivity contribution >= 4 is 21.7 Å². The molecule has 0 radical (unpaired) electrons. The minimum atomic E-state index is -0.0528. The first-order valence-corrected chi connectivity index (χ1v) is 8.61. The van der Waals surface area contributed by atoms with Gasteiger partial charge in [0, 0.05) is 10.8 Å². The van der Waals surface area contributed by atoms with E-state index in [9.17, 15) is 4.79 Å². The highest BCUT2D eigenvalue weighted by Crippen LogP contribution is 2.31. The molecular weight excluding hydrogens is 306 g/mol. The Hall–Kier alpha value is -2.87. The van der Waals surface area contributed by atoms with Gasteiger partial charge in [0.15, 0.2) is 0 Å². The van der Waals surface area contributed by atoms with Crippen molar-refractivity contribution in [3.05, 3.63) is 88.7 Å². The van der Waals surface area contributed by atoms with Crippen LogP contribution in [0.3, 0.4) is 0 Å². The molecule has 0 aliphatic rings. The molecule has 0 fully saturated rings. The average molecular weight is 327 g/mol. The summed E-state index contributed by atoms with van der Waals surface area (Å²) >= 11 is 0. The van der Waals surface area contributed by atoms with Crippen LogP contribution in [0.1, 0.15) is 26.3 Å². The molecule has 25 heavy (non-hydrogen) atoms. The predicted octanol–water partition coefficient (Wildman–Crippen LogP) is 5.44. The molecule has 0 bridgehead atoms. The van der Waals surface area contributed by atoms with Gasteiger partial charge in [-0.25, -0.2) is 0 Å². The fraction of sp³-hybridized carbons (Fsp3) is 0.174. The topological polar surface area (TPSA) is 22.0 Å². The van der Waals surface area contributed by atoms with Crippen molar-refractivity contribution in [3.8, 4) is 5.69 Å². The quantitative estimate of drug-likeness (QED) is 0.427. The molecule has 0 atom stereocenters. The zero-order valence-electron chi connectivity index (χ0n) is 14.8. The van der Waals surface area contributed by atoms with Crippen LogP contribution in [0.25, 0.3) is 27.4 Å². The molecule has 0 N–H and O–H groups in total. The van der Waals surface area contributed by atoms with E-state index >= 15 is 0 Å². The van der Waals surface area contributed by atoms with Gasteiger partial charge in [-0.1, -0.05) is 75.4 Å². The van der Waals surface area contributed by atoms with E-state index in [0.29, 0.717) is 0 Å². The fourth-order valence-corrected chi connectivity index (χ4v) is 3.57. The van der Waals surface area contributed by atoms with Crippen molar-refractivity contribution < 1.29 is 0 Å². The Morgan fingerprint density at radius 2 is 1.24 bits per heavy atom. The lowest BCUT2D eigenvalue weighted by atomic mass is 9.85. The van der Waals surface area contributed by atoms with Crippen LogP contribution in [0.4, 0.5) is 0 Å². The minimum absolute atomic E-state index is 0.0333. The van der Waals surface area contributed by atoms with Gasteiger partial charge >= 0.3 is 0 Å². The van der Waals surface area contributed by atoms with Crippen molar-refractivity contribution in [3.63, 3.8) is 0 Å². The van der Waals surface area contributed by atoms with Crippen molar-refractivity contribution in [1.29, 1.82) is 0 Å². The zero-order valence-corrected chi connectivity index (χ0v) is 14.8. The molecule has 0 saturated heterocycles. The highest BCUT2D eigenvalue weighted by atomic mass is 16.1. The summed E-state index contributed by atoms with van der Waals surface area (Å²) in [5.74, 6) is 0. The molecule has 0 amide bonds. The SMILES string of the molecule is CC(C)(C)c1ccccc1-n1c(=O)c2ccccc2c2ccccc21. The lowest BCUT2D eigenvalue weighted by Crippen LogP contribution is -2.23. The summed E-state index contributed by atoms with van der Waals surface area (Å²) in [6.07, 6.45) is 0. The van der Waals surface area contributed by atoms with E-state index in [1.54, 1.807) is 0 Å². The van der Waals surface area contributed by atoms with Crippen LogP contribution in [0.2, 0.25) is 0 Å². The van der Waals surface area contributed by atoms with Crippen LogP contribution in [-0.4, -0.2) is 4.57 Å². The Morgan fingerprint density at radius 3 is 1.96 bits per heavy atom. The zero-order chi connectivity index (χ0) is 17.6. The smallest absolute Gasteiger partial charge is 0.263 e. The number of para-hydroxylation sites is 2. The molecule has 1 heterocycles. The molecule has 3 aromatic carbocycles. The van der Waals surface area contributed by atoms with Crippen molar-refractivity contribution in [1.82, 2.24) is 4.57 Å². The minimum Gasteiger partial charge on any atom is -0.276 e.